The van der Waals surface area contributed by atoms with Crippen molar-refractivity contribution in [3.63, 3.8) is 0 Å². The van der Waals surface area contributed by atoms with E-state index in [0.717, 1.165) is 23.2 Å². The molecule has 1 aromatic heterocycles. The number of nitrogens with zero attached hydrogens (tertiary/aromatic N) is 2. The number of carbonyl (C=O) groups excluding carboxylic acids is 1. The molecule has 140 valence electrons. The molecule has 0 aliphatic carbocycles. The van der Waals surface area contributed by atoms with Gasteiger partial charge in [-0.25, -0.2) is 0 Å². The van der Waals surface area contributed by atoms with Gasteiger partial charge in [-0.05, 0) is 49.6 Å². The first kappa shape index (κ1) is 18.6. The van der Waals surface area contributed by atoms with E-state index in [4.69, 9.17) is 4.52 Å². The Balaban J connectivity index is 1.65. The highest BCUT2D eigenvalue weighted by Crippen LogP contribution is 2.19. The van der Waals surface area contributed by atoms with E-state index in [0.29, 0.717) is 30.4 Å². The van der Waals surface area contributed by atoms with Crippen LogP contribution in [0.1, 0.15) is 41.2 Å². The molecule has 27 heavy (non-hydrogen) atoms. The highest BCUT2D eigenvalue weighted by Gasteiger charge is 2.10. The second kappa shape index (κ2) is 8.49. The Hall–Kier alpha value is -3.15. The number of aryl methyl sites for hydroxylation is 2. The number of benzene rings is 2. The second-order valence-corrected chi connectivity index (χ2v) is 6.30. The fourth-order valence-electron chi connectivity index (χ4n) is 2.77. The lowest BCUT2D eigenvalue weighted by Crippen LogP contribution is -2.22. The largest absolute Gasteiger partial charge is 0.376 e. The summed E-state index contributed by atoms with van der Waals surface area (Å²) in [5.41, 5.74) is 4.76. The lowest BCUT2D eigenvalue weighted by Gasteiger charge is -2.09. The summed E-state index contributed by atoms with van der Waals surface area (Å²) >= 11 is 0. The highest BCUT2D eigenvalue weighted by atomic mass is 16.5. The Morgan fingerprint density at radius 1 is 1.11 bits per heavy atom. The topological polar surface area (TPSA) is 80.0 Å². The minimum absolute atomic E-state index is 0.0669. The van der Waals surface area contributed by atoms with E-state index in [1.807, 2.05) is 38.1 Å². The van der Waals surface area contributed by atoms with Gasteiger partial charge in [0.1, 0.15) is 0 Å². The summed E-state index contributed by atoms with van der Waals surface area (Å²) in [5, 5.41) is 10.1. The molecule has 0 saturated carbocycles. The molecule has 0 bridgehead atoms. The van der Waals surface area contributed by atoms with Gasteiger partial charge in [-0.1, -0.05) is 36.3 Å². The summed E-state index contributed by atoms with van der Waals surface area (Å²) < 4.78 is 5.34. The maximum Gasteiger partial charge on any atom is 0.251 e. The average molecular weight is 364 g/mol. The van der Waals surface area contributed by atoms with Gasteiger partial charge in [-0.3, -0.25) is 4.79 Å². The number of hydrogen-bond donors (Lipinski definition) is 2. The van der Waals surface area contributed by atoms with Gasteiger partial charge in [0, 0.05) is 23.4 Å². The number of nitrogens with one attached hydrogen (secondary N) is 2. The van der Waals surface area contributed by atoms with Crippen LogP contribution in [-0.4, -0.2) is 22.6 Å². The third-order valence-corrected chi connectivity index (χ3v) is 4.34. The zero-order valence-electron chi connectivity index (χ0n) is 15.9. The lowest BCUT2D eigenvalue weighted by atomic mass is 10.1. The number of hydrogen-bond acceptors (Lipinski definition) is 5. The summed E-state index contributed by atoms with van der Waals surface area (Å²) in [6.45, 7) is 7.01. The Morgan fingerprint density at radius 2 is 1.89 bits per heavy atom. The van der Waals surface area contributed by atoms with E-state index in [1.54, 1.807) is 6.07 Å². The van der Waals surface area contributed by atoms with Crippen LogP contribution in [-0.2, 0) is 13.0 Å². The zero-order valence-corrected chi connectivity index (χ0v) is 15.9. The van der Waals surface area contributed by atoms with Crippen molar-refractivity contribution in [2.75, 3.05) is 11.9 Å². The summed E-state index contributed by atoms with van der Waals surface area (Å²) in [6, 6.07) is 13.7. The molecule has 6 nitrogen and oxygen atoms in total. The number of aromatic nitrogens is 2. The van der Waals surface area contributed by atoms with Crippen LogP contribution in [0.25, 0.3) is 11.4 Å². The summed E-state index contributed by atoms with van der Waals surface area (Å²) in [5.74, 6) is 1.03. The normalized spacial score (nSPS) is 10.6. The predicted octanol–water partition coefficient (Wildman–Crippen LogP) is 3.97. The van der Waals surface area contributed by atoms with Crippen LogP contribution in [0.2, 0.25) is 0 Å². The molecule has 0 atom stereocenters. The monoisotopic (exact) mass is 364 g/mol. The zero-order chi connectivity index (χ0) is 19.2. The van der Waals surface area contributed by atoms with Gasteiger partial charge < -0.3 is 15.2 Å². The van der Waals surface area contributed by atoms with Gasteiger partial charge >= 0.3 is 0 Å². The van der Waals surface area contributed by atoms with Crippen molar-refractivity contribution >= 4 is 11.6 Å². The quantitative estimate of drug-likeness (QED) is 0.663. The van der Waals surface area contributed by atoms with E-state index >= 15 is 0 Å². The first-order valence-electron chi connectivity index (χ1n) is 9.15. The molecular weight excluding hydrogens is 340 g/mol. The maximum absolute atomic E-state index is 11.9. The predicted molar refractivity (Wildman–Crippen MR) is 106 cm³/mol. The molecule has 0 unspecified atom stereocenters. The third-order valence-electron chi connectivity index (χ3n) is 4.34. The van der Waals surface area contributed by atoms with Gasteiger partial charge in [0.05, 0.1) is 6.54 Å². The second-order valence-electron chi connectivity index (χ2n) is 6.30. The Bertz CT molecular complexity index is 916. The van der Waals surface area contributed by atoms with Crippen molar-refractivity contribution in [1.29, 1.82) is 0 Å². The Kier molecular flexibility index (Phi) is 5.86. The van der Waals surface area contributed by atoms with Crippen molar-refractivity contribution in [3.8, 4) is 11.4 Å². The number of rotatable bonds is 7. The molecular formula is C21H24N4O2. The fraction of sp³-hybridized carbons (Fsp3) is 0.286. The van der Waals surface area contributed by atoms with Crippen LogP contribution in [0, 0.1) is 6.92 Å². The molecule has 0 aliphatic heterocycles. The average Bonchev–Trinajstić information content (AvgIpc) is 3.16. The maximum atomic E-state index is 11.9. The van der Waals surface area contributed by atoms with Crippen LogP contribution in [0.5, 0.6) is 0 Å². The molecule has 0 saturated heterocycles. The molecule has 2 aromatic carbocycles. The SMILES string of the molecule is CCNC(=O)c1ccc(NCc2nc(-c3ccc(CC)cc3)no2)c(C)c1. The van der Waals surface area contributed by atoms with E-state index in [-0.39, 0.29) is 5.91 Å². The van der Waals surface area contributed by atoms with Crippen molar-refractivity contribution in [2.45, 2.75) is 33.7 Å². The van der Waals surface area contributed by atoms with Crippen LogP contribution < -0.4 is 10.6 Å². The Morgan fingerprint density at radius 3 is 2.56 bits per heavy atom. The lowest BCUT2D eigenvalue weighted by molar-refractivity contribution is 0.0956. The molecule has 0 radical (unpaired) electrons. The molecule has 0 aliphatic rings. The molecule has 6 heteroatoms. The molecule has 1 heterocycles. The van der Waals surface area contributed by atoms with Crippen molar-refractivity contribution in [1.82, 2.24) is 15.5 Å². The summed E-state index contributed by atoms with van der Waals surface area (Å²) in [6.07, 6.45) is 1.000. The van der Waals surface area contributed by atoms with Crippen molar-refractivity contribution in [3.05, 3.63) is 65.0 Å². The minimum atomic E-state index is -0.0669. The van der Waals surface area contributed by atoms with Gasteiger partial charge in [0.15, 0.2) is 0 Å². The van der Waals surface area contributed by atoms with E-state index in [9.17, 15) is 4.79 Å². The van der Waals surface area contributed by atoms with E-state index in [2.05, 4.69) is 39.8 Å². The first-order chi connectivity index (χ1) is 13.1. The number of anilines is 1. The summed E-state index contributed by atoms with van der Waals surface area (Å²) in [4.78, 5) is 16.3. The van der Waals surface area contributed by atoms with Crippen molar-refractivity contribution in [2.24, 2.45) is 0 Å². The summed E-state index contributed by atoms with van der Waals surface area (Å²) in [7, 11) is 0. The smallest absolute Gasteiger partial charge is 0.251 e. The minimum Gasteiger partial charge on any atom is -0.376 e. The number of amides is 1. The van der Waals surface area contributed by atoms with E-state index < -0.39 is 0 Å². The standard InChI is InChI=1S/C21H24N4O2/c1-4-15-6-8-16(9-7-15)20-24-19(27-25-20)13-23-18-11-10-17(12-14(18)3)21(26)22-5-2/h6-12,23H,4-5,13H2,1-3H3,(H,22,26). The molecule has 2 N–H and O–H groups in total. The van der Waals surface area contributed by atoms with Crippen LogP contribution in [0.4, 0.5) is 5.69 Å². The Labute approximate surface area is 159 Å². The van der Waals surface area contributed by atoms with Gasteiger partial charge in [0.2, 0.25) is 11.7 Å². The van der Waals surface area contributed by atoms with Crippen LogP contribution >= 0.6 is 0 Å². The van der Waals surface area contributed by atoms with Gasteiger partial charge in [-0.15, -0.1) is 0 Å². The van der Waals surface area contributed by atoms with Crippen molar-refractivity contribution < 1.29 is 9.32 Å². The highest BCUT2D eigenvalue weighted by molar-refractivity contribution is 5.94. The molecule has 3 rings (SSSR count). The molecule has 1 amide bonds. The van der Waals surface area contributed by atoms with Crippen LogP contribution in [0.15, 0.2) is 47.0 Å². The number of carbonyl (C=O) groups is 1. The van der Waals surface area contributed by atoms with Gasteiger partial charge in [0.25, 0.3) is 5.91 Å². The third kappa shape index (κ3) is 4.53. The molecule has 0 fully saturated rings. The van der Waals surface area contributed by atoms with E-state index in [1.165, 1.54) is 5.56 Å². The molecule has 0 spiro atoms. The van der Waals surface area contributed by atoms with Crippen LogP contribution in [0.3, 0.4) is 0 Å². The van der Waals surface area contributed by atoms with Gasteiger partial charge in [-0.2, -0.15) is 4.98 Å². The molecule has 3 aromatic rings. The fourth-order valence-corrected chi connectivity index (χ4v) is 2.77. The first-order valence-corrected chi connectivity index (χ1v) is 9.15.